The van der Waals surface area contributed by atoms with E-state index < -0.39 is 0 Å². The molecule has 0 bridgehead atoms. The van der Waals surface area contributed by atoms with Crippen molar-refractivity contribution in [1.82, 2.24) is 0 Å². The number of quaternary nitrogens is 1. The van der Waals surface area contributed by atoms with E-state index in [2.05, 4.69) is 21.0 Å². The first-order valence-corrected chi connectivity index (χ1v) is 8.34. The average molecular weight is 271 g/mol. The van der Waals surface area contributed by atoms with E-state index in [-0.39, 0.29) is 6.10 Å². The van der Waals surface area contributed by atoms with Gasteiger partial charge in [-0.25, -0.2) is 0 Å². The van der Waals surface area contributed by atoms with E-state index in [1.807, 2.05) is 13.5 Å². The van der Waals surface area contributed by atoms with E-state index in [1.54, 1.807) is 0 Å². The molecule has 0 aromatic rings. The molecule has 0 rings (SSSR count). The smallest absolute Gasteiger partial charge is 0.169 e. The van der Waals surface area contributed by atoms with Gasteiger partial charge < -0.3 is 9.59 Å². The number of aliphatic hydroxyl groups is 1. The van der Waals surface area contributed by atoms with Crippen LogP contribution in [-0.4, -0.2) is 36.3 Å². The van der Waals surface area contributed by atoms with Gasteiger partial charge in [-0.1, -0.05) is 58.3 Å². The highest BCUT2D eigenvalue weighted by atomic mass is 16.3. The van der Waals surface area contributed by atoms with Crippen LogP contribution in [0.5, 0.6) is 0 Å². The van der Waals surface area contributed by atoms with Gasteiger partial charge in [0.1, 0.15) is 6.10 Å². The summed E-state index contributed by atoms with van der Waals surface area (Å²) < 4.78 is 0.828. The van der Waals surface area contributed by atoms with Crippen molar-refractivity contribution in [2.24, 2.45) is 0 Å². The molecule has 0 heterocycles. The van der Waals surface area contributed by atoms with Gasteiger partial charge in [0, 0.05) is 0 Å². The normalized spacial score (nSPS) is 13.7. The molecule has 0 spiro atoms. The zero-order valence-corrected chi connectivity index (χ0v) is 13.8. The maximum atomic E-state index is 9.38. The lowest BCUT2D eigenvalue weighted by atomic mass is 10.1. The van der Waals surface area contributed by atoms with Gasteiger partial charge >= 0.3 is 0 Å². The van der Waals surface area contributed by atoms with Gasteiger partial charge in [-0.15, -0.1) is 0 Å². The Bertz CT molecular complexity index is 190. The number of hydrogen-bond donors (Lipinski definition) is 1. The van der Waals surface area contributed by atoms with Crippen LogP contribution in [0.3, 0.4) is 0 Å². The van der Waals surface area contributed by atoms with Gasteiger partial charge in [0.25, 0.3) is 0 Å². The molecule has 1 radical (unpaired) electrons. The zero-order chi connectivity index (χ0) is 14.6. The first-order valence-electron chi connectivity index (χ1n) is 8.34. The zero-order valence-electron chi connectivity index (χ0n) is 13.8. The molecular weight excluding hydrogens is 234 g/mol. The Labute approximate surface area is 121 Å². The topological polar surface area (TPSA) is 20.2 Å². The molecule has 115 valence electrons. The highest BCUT2D eigenvalue weighted by Crippen LogP contribution is 2.12. The Morgan fingerprint density at radius 1 is 0.842 bits per heavy atom. The van der Waals surface area contributed by atoms with Gasteiger partial charge in [0.2, 0.25) is 0 Å². The number of likely N-dealkylation sites (N-methyl/N-ethyl adjacent to an activating group) is 1. The van der Waals surface area contributed by atoms with Gasteiger partial charge in [-0.2, -0.15) is 0 Å². The summed E-state index contributed by atoms with van der Waals surface area (Å²) in [5.74, 6) is 0. The van der Waals surface area contributed by atoms with Crippen molar-refractivity contribution in [2.75, 3.05) is 20.6 Å². The lowest BCUT2D eigenvalue weighted by Crippen LogP contribution is -2.40. The molecule has 0 aliphatic rings. The maximum absolute atomic E-state index is 9.38. The van der Waals surface area contributed by atoms with Gasteiger partial charge in [-0.3, -0.25) is 0 Å². The fourth-order valence-electron chi connectivity index (χ4n) is 2.67. The standard InChI is InChI=1S/C17H37NO/c1-5-6-7-8-9-10-11-12-13-14-15-18(3,4)16-17(2)19/h16-17,19H,5-15H2,1-4H3/q+1. The molecule has 2 heteroatoms. The van der Waals surface area contributed by atoms with Crippen molar-refractivity contribution >= 4 is 0 Å². The quantitative estimate of drug-likeness (QED) is 0.385. The van der Waals surface area contributed by atoms with Crippen LogP contribution < -0.4 is 0 Å². The molecule has 0 saturated heterocycles. The Balaban J connectivity index is 3.26. The average Bonchev–Trinajstić information content (AvgIpc) is 2.30. The molecule has 0 aliphatic heterocycles. The summed E-state index contributed by atoms with van der Waals surface area (Å²) in [7, 11) is 4.33. The summed E-state index contributed by atoms with van der Waals surface area (Å²) in [6.45, 7) is 7.25. The van der Waals surface area contributed by atoms with E-state index in [0.29, 0.717) is 0 Å². The third kappa shape index (κ3) is 14.1. The second kappa shape index (κ2) is 11.7. The van der Waals surface area contributed by atoms with Crippen molar-refractivity contribution in [3.63, 3.8) is 0 Å². The minimum absolute atomic E-state index is 0.307. The molecule has 0 saturated carbocycles. The largest absolute Gasteiger partial charge is 0.387 e. The van der Waals surface area contributed by atoms with Crippen LogP contribution in [0.1, 0.15) is 78.1 Å². The minimum atomic E-state index is -0.307. The van der Waals surface area contributed by atoms with Crippen LogP contribution in [-0.2, 0) is 0 Å². The summed E-state index contributed by atoms with van der Waals surface area (Å²) in [4.78, 5) is 0. The molecule has 0 aliphatic carbocycles. The highest BCUT2D eigenvalue weighted by molar-refractivity contribution is 4.59. The highest BCUT2D eigenvalue weighted by Gasteiger charge is 2.18. The second-order valence-corrected chi connectivity index (χ2v) is 6.57. The van der Waals surface area contributed by atoms with Gasteiger partial charge in [0.15, 0.2) is 6.54 Å². The molecule has 0 aromatic heterocycles. The molecular formula is C17H37NO+. The number of nitrogens with zero attached hydrogens (tertiary/aromatic N) is 1. The van der Waals surface area contributed by atoms with Crippen LogP contribution in [0, 0.1) is 6.54 Å². The lowest BCUT2D eigenvalue weighted by Gasteiger charge is -2.29. The predicted molar refractivity (Wildman–Crippen MR) is 84.8 cm³/mol. The van der Waals surface area contributed by atoms with Crippen molar-refractivity contribution in [1.29, 1.82) is 0 Å². The lowest BCUT2D eigenvalue weighted by molar-refractivity contribution is -0.863. The first kappa shape index (κ1) is 18.9. The predicted octanol–water partition coefficient (Wildman–Crippen LogP) is 4.53. The van der Waals surface area contributed by atoms with E-state index >= 15 is 0 Å². The summed E-state index contributed by atoms with van der Waals surface area (Å²) in [6, 6.07) is 0. The van der Waals surface area contributed by atoms with E-state index in [0.717, 1.165) is 11.0 Å². The van der Waals surface area contributed by atoms with Crippen LogP contribution in [0.4, 0.5) is 0 Å². The molecule has 0 aromatic carbocycles. The van der Waals surface area contributed by atoms with Crippen molar-refractivity contribution in [2.45, 2.75) is 84.2 Å². The molecule has 19 heavy (non-hydrogen) atoms. The molecule has 1 atom stereocenters. The van der Waals surface area contributed by atoms with Crippen molar-refractivity contribution in [3.05, 3.63) is 6.54 Å². The van der Waals surface area contributed by atoms with Crippen LogP contribution in [0.2, 0.25) is 0 Å². The summed E-state index contributed by atoms with van der Waals surface area (Å²) in [5.41, 5.74) is 0. The molecule has 0 amide bonds. The van der Waals surface area contributed by atoms with Crippen molar-refractivity contribution in [3.8, 4) is 0 Å². The van der Waals surface area contributed by atoms with Gasteiger partial charge in [0.05, 0.1) is 20.6 Å². The Morgan fingerprint density at radius 3 is 1.68 bits per heavy atom. The minimum Gasteiger partial charge on any atom is -0.387 e. The maximum Gasteiger partial charge on any atom is 0.169 e. The fourth-order valence-corrected chi connectivity index (χ4v) is 2.67. The fraction of sp³-hybridized carbons (Fsp3) is 0.941. The number of hydrogen-bond acceptors (Lipinski definition) is 1. The van der Waals surface area contributed by atoms with Crippen molar-refractivity contribution < 1.29 is 9.59 Å². The Hall–Kier alpha value is -0.0800. The van der Waals surface area contributed by atoms with Crippen LogP contribution >= 0.6 is 0 Å². The molecule has 0 fully saturated rings. The summed E-state index contributed by atoms with van der Waals surface area (Å²) in [5, 5.41) is 9.38. The third-order valence-corrected chi connectivity index (χ3v) is 3.71. The van der Waals surface area contributed by atoms with E-state index in [9.17, 15) is 5.11 Å². The summed E-state index contributed by atoms with van der Waals surface area (Å²) in [6.07, 6.45) is 13.5. The summed E-state index contributed by atoms with van der Waals surface area (Å²) >= 11 is 0. The Morgan fingerprint density at radius 2 is 1.26 bits per heavy atom. The number of unbranched alkanes of at least 4 members (excludes halogenated alkanes) is 9. The number of aliphatic hydroxyl groups excluding tert-OH is 1. The van der Waals surface area contributed by atoms with Gasteiger partial charge in [-0.05, 0) is 19.8 Å². The Kier molecular flexibility index (Phi) is 11.7. The van der Waals surface area contributed by atoms with Crippen LogP contribution in [0.15, 0.2) is 0 Å². The SMILES string of the molecule is CCCCCCCCCCCC[N+](C)(C)[CH]C(C)O. The van der Waals surface area contributed by atoms with Crippen LogP contribution in [0.25, 0.3) is 0 Å². The third-order valence-electron chi connectivity index (χ3n) is 3.71. The van der Waals surface area contributed by atoms with E-state index in [4.69, 9.17) is 0 Å². The first-order chi connectivity index (χ1) is 8.98. The molecule has 1 unspecified atom stereocenters. The molecule has 2 nitrogen and oxygen atoms in total. The monoisotopic (exact) mass is 271 g/mol. The molecule has 1 N–H and O–H groups in total. The second-order valence-electron chi connectivity index (χ2n) is 6.57. The number of rotatable bonds is 13. The van der Waals surface area contributed by atoms with E-state index in [1.165, 1.54) is 64.2 Å².